The molecular weight excluding hydrogens is 479 g/mol. The minimum absolute atomic E-state index is 0. The zero-order chi connectivity index (χ0) is 19.8. The van der Waals surface area contributed by atoms with Gasteiger partial charge in [0.2, 0.25) is 0 Å². The lowest BCUT2D eigenvalue weighted by Gasteiger charge is -2.07. The van der Waals surface area contributed by atoms with Crippen LogP contribution in [0.1, 0.15) is 42.5 Å². The minimum Gasteiger partial charge on any atom is -1.00 e. The van der Waals surface area contributed by atoms with Crippen LogP contribution in [0.25, 0.3) is 10.9 Å². The van der Waals surface area contributed by atoms with Crippen LogP contribution in [-0.2, 0) is 18.3 Å². The van der Waals surface area contributed by atoms with Crippen molar-refractivity contribution in [3.8, 4) is 5.75 Å². The van der Waals surface area contributed by atoms with Crippen molar-refractivity contribution < 1.29 is 42.8 Å². The highest BCUT2D eigenvalue weighted by Crippen LogP contribution is 2.22. The third kappa shape index (κ3) is 6.73. The molecule has 6 heteroatoms. The van der Waals surface area contributed by atoms with Crippen LogP contribution in [0.15, 0.2) is 55.0 Å². The van der Waals surface area contributed by atoms with Crippen molar-refractivity contribution in [2.45, 2.75) is 38.6 Å². The minimum atomic E-state index is -0.243. The Bertz CT molecular complexity index is 923. The summed E-state index contributed by atoms with van der Waals surface area (Å²) in [6.45, 7) is 1.51. The van der Waals surface area contributed by atoms with Gasteiger partial charge in [-0.3, -0.25) is 0 Å². The Hall–Kier alpha value is -2.09. The third-order valence-corrected chi connectivity index (χ3v) is 4.93. The second-order valence-corrected chi connectivity index (χ2v) is 7.10. The van der Waals surface area contributed by atoms with Gasteiger partial charge < -0.3 is 38.0 Å². The Morgan fingerprint density at radius 3 is 2.66 bits per heavy atom. The fraction of sp³-hybridized carbons (Fsp3) is 0.391. The average molecular weight is 508 g/mol. The van der Waals surface area contributed by atoms with Crippen LogP contribution in [0.5, 0.6) is 5.75 Å². The van der Waals surface area contributed by atoms with Gasteiger partial charge in [-0.2, -0.15) is 0 Å². The molecule has 0 unspecified atom stereocenters. The molecule has 0 saturated carbocycles. The largest absolute Gasteiger partial charge is 1.00 e. The number of carbonyl (C=O) groups is 1. The van der Waals surface area contributed by atoms with Crippen molar-refractivity contribution in [1.82, 2.24) is 4.57 Å². The molecular formula is C23H29IN2O3. The topological polar surface area (TPSA) is 44.3 Å². The number of rotatable bonds is 10. The van der Waals surface area contributed by atoms with Gasteiger partial charge in [0, 0.05) is 29.7 Å². The van der Waals surface area contributed by atoms with E-state index in [2.05, 4.69) is 29.0 Å². The number of fused-ring (bicyclic) bond motifs is 1. The number of pyridine rings is 1. The molecule has 0 atom stereocenters. The first-order valence-corrected chi connectivity index (χ1v) is 9.92. The Morgan fingerprint density at radius 2 is 1.86 bits per heavy atom. The third-order valence-electron chi connectivity index (χ3n) is 4.93. The highest BCUT2D eigenvalue weighted by molar-refractivity contribution is 5.88. The summed E-state index contributed by atoms with van der Waals surface area (Å²) in [7, 11) is 3.59. The van der Waals surface area contributed by atoms with Crippen molar-refractivity contribution in [2.24, 2.45) is 7.05 Å². The number of aromatic nitrogens is 2. The van der Waals surface area contributed by atoms with Gasteiger partial charge in [0.25, 0.3) is 0 Å². The molecule has 0 aliphatic carbocycles. The molecule has 1 aromatic carbocycles. The van der Waals surface area contributed by atoms with E-state index in [9.17, 15) is 4.79 Å². The number of hydrogen-bond donors (Lipinski definition) is 0. The number of benzene rings is 1. The van der Waals surface area contributed by atoms with Gasteiger partial charge in [-0.25, -0.2) is 9.36 Å². The Kier molecular flexibility index (Phi) is 9.44. The summed E-state index contributed by atoms with van der Waals surface area (Å²) in [5.74, 6) is 0.652. The maximum Gasteiger partial charge on any atom is 0.344 e. The second kappa shape index (κ2) is 11.8. The molecule has 0 amide bonds. The molecule has 0 saturated heterocycles. The van der Waals surface area contributed by atoms with Gasteiger partial charge in [0.1, 0.15) is 18.4 Å². The standard InChI is InChI=1S/C23H29N2O3.HI/c1-24-13-8-9-20(18-24)23(26)28-16-7-5-3-4-6-14-25-15-12-19-17-21(27-2)10-11-22(19)25;/h8-13,15,17-18H,3-7,14,16H2,1-2H3;1H/q+1;/p-1. The van der Waals surface area contributed by atoms with Crippen LogP contribution in [0.4, 0.5) is 0 Å². The molecule has 0 aliphatic rings. The van der Waals surface area contributed by atoms with Crippen LogP contribution in [0.3, 0.4) is 0 Å². The van der Waals surface area contributed by atoms with Crippen LogP contribution in [0.2, 0.25) is 0 Å². The first-order valence-electron chi connectivity index (χ1n) is 9.92. The lowest BCUT2D eigenvalue weighted by atomic mass is 10.1. The molecule has 2 heterocycles. The van der Waals surface area contributed by atoms with Gasteiger partial charge in [-0.15, -0.1) is 0 Å². The number of methoxy groups -OCH3 is 1. The van der Waals surface area contributed by atoms with Crippen LogP contribution >= 0.6 is 0 Å². The smallest absolute Gasteiger partial charge is 0.344 e. The van der Waals surface area contributed by atoms with Crippen LogP contribution in [-0.4, -0.2) is 24.3 Å². The number of aryl methyl sites for hydroxylation is 2. The van der Waals surface area contributed by atoms with Gasteiger partial charge in [0.15, 0.2) is 12.4 Å². The van der Waals surface area contributed by atoms with E-state index in [0.29, 0.717) is 12.2 Å². The summed E-state index contributed by atoms with van der Waals surface area (Å²) in [6, 6.07) is 12.0. The molecule has 0 N–H and O–H groups in total. The number of ether oxygens (including phenoxy) is 2. The number of halogens is 1. The maximum atomic E-state index is 12.0. The maximum absolute atomic E-state index is 12.0. The van der Waals surface area contributed by atoms with Crippen molar-refractivity contribution in [1.29, 1.82) is 0 Å². The number of esters is 1. The van der Waals surface area contributed by atoms with E-state index >= 15 is 0 Å². The molecule has 3 aromatic rings. The first kappa shape index (κ1) is 23.2. The lowest BCUT2D eigenvalue weighted by molar-refractivity contribution is -0.671. The summed E-state index contributed by atoms with van der Waals surface area (Å²) in [6.07, 6.45) is 11.3. The molecule has 0 bridgehead atoms. The van der Waals surface area contributed by atoms with E-state index < -0.39 is 0 Å². The van der Waals surface area contributed by atoms with Crippen molar-refractivity contribution in [3.05, 3.63) is 60.6 Å². The van der Waals surface area contributed by atoms with Gasteiger partial charge >= 0.3 is 5.97 Å². The van der Waals surface area contributed by atoms with Crippen molar-refractivity contribution in [2.75, 3.05) is 13.7 Å². The predicted molar refractivity (Wildman–Crippen MR) is 109 cm³/mol. The van der Waals surface area contributed by atoms with E-state index in [1.165, 1.54) is 17.3 Å². The monoisotopic (exact) mass is 508 g/mol. The molecule has 156 valence electrons. The highest BCUT2D eigenvalue weighted by Gasteiger charge is 2.10. The lowest BCUT2D eigenvalue weighted by Crippen LogP contribution is -3.00. The second-order valence-electron chi connectivity index (χ2n) is 7.10. The van der Waals surface area contributed by atoms with Crippen LogP contribution in [0, 0.1) is 0 Å². The van der Waals surface area contributed by atoms with E-state index in [-0.39, 0.29) is 29.9 Å². The quantitative estimate of drug-likeness (QED) is 0.180. The normalized spacial score (nSPS) is 10.6. The Balaban J connectivity index is 0.00000300. The molecule has 0 fully saturated rings. The summed E-state index contributed by atoms with van der Waals surface area (Å²) in [4.78, 5) is 12.0. The van der Waals surface area contributed by atoms with Gasteiger partial charge in [-0.05, 0) is 43.2 Å². The summed E-state index contributed by atoms with van der Waals surface area (Å²) >= 11 is 0. The Labute approximate surface area is 189 Å². The molecule has 0 radical (unpaired) electrons. The first-order chi connectivity index (χ1) is 13.7. The number of unbranched alkanes of at least 4 members (excludes halogenated alkanes) is 4. The zero-order valence-corrected chi connectivity index (χ0v) is 19.3. The Morgan fingerprint density at radius 1 is 1.07 bits per heavy atom. The van der Waals surface area contributed by atoms with E-state index in [1.807, 2.05) is 29.9 Å². The van der Waals surface area contributed by atoms with Gasteiger partial charge in [0.05, 0.1) is 13.7 Å². The predicted octanol–water partition coefficient (Wildman–Crippen LogP) is 1.29. The number of hydrogen-bond acceptors (Lipinski definition) is 3. The number of nitrogens with zero attached hydrogens (tertiary/aromatic N) is 2. The fourth-order valence-electron chi connectivity index (χ4n) is 3.37. The fourth-order valence-corrected chi connectivity index (χ4v) is 3.37. The van der Waals surface area contributed by atoms with Gasteiger partial charge in [-0.1, -0.05) is 19.3 Å². The van der Waals surface area contributed by atoms with Crippen molar-refractivity contribution >= 4 is 16.9 Å². The SMILES string of the molecule is COc1ccc2c(ccn2CCCCCCCOC(=O)c2ccc[n+](C)c2)c1.[I-]. The summed E-state index contributed by atoms with van der Waals surface area (Å²) in [5, 5.41) is 1.22. The molecule has 3 rings (SSSR count). The summed E-state index contributed by atoms with van der Waals surface area (Å²) in [5.41, 5.74) is 1.85. The molecule has 2 aromatic heterocycles. The summed E-state index contributed by atoms with van der Waals surface area (Å²) < 4.78 is 14.8. The molecule has 0 spiro atoms. The number of carbonyl (C=O) groups excluding carboxylic acids is 1. The average Bonchev–Trinajstić information content (AvgIpc) is 3.11. The van der Waals surface area contributed by atoms with E-state index in [4.69, 9.17) is 9.47 Å². The molecule has 5 nitrogen and oxygen atoms in total. The van der Waals surface area contributed by atoms with E-state index in [1.54, 1.807) is 19.4 Å². The molecule has 29 heavy (non-hydrogen) atoms. The van der Waals surface area contributed by atoms with Crippen molar-refractivity contribution in [3.63, 3.8) is 0 Å². The molecule has 0 aliphatic heterocycles. The van der Waals surface area contributed by atoms with Crippen LogP contribution < -0.4 is 33.3 Å². The van der Waals surface area contributed by atoms with E-state index in [0.717, 1.165) is 38.0 Å². The highest BCUT2D eigenvalue weighted by atomic mass is 127. The zero-order valence-electron chi connectivity index (χ0n) is 17.1.